The van der Waals surface area contributed by atoms with Crippen LogP contribution in [-0.2, 0) is 22.4 Å². The quantitative estimate of drug-likeness (QED) is 0.465. The smallest absolute Gasteiger partial charge is 0.310 e. The molecule has 0 unspecified atom stereocenters. The highest BCUT2D eigenvalue weighted by molar-refractivity contribution is 7.20. The minimum absolute atomic E-state index is 0.105. The van der Waals surface area contributed by atoms with Gasteiger partial charge in [0.2, 0.25) is 0 Å². The van der Waals surface area contributed by atoms with E-state index in [2.05, 4.69) is 4.98 Å². The molecule has 5 rings (SSSR count). The molecule has 2 aromatic heterocycles. The Labute approximate surface area is 188 Å². The van der Waals surface area contributed by atoms with E-state index in [1.807, 2.05) is 31.2 Å². The number of aryl methyl sites for hydroxylation is 1. The molecule has 0 spiro atoms. The van der Waals surface area contributed by atoms with Crippen LogP contribution in [0.1, 0.15) is 33.4 Å². The molecule has 32 heavy (non-hydrogen) atoms. The first-order chi connectivity index (χ1) is 15.5. The lowest BCUT2D eigenvalue weighted by molar-refractivity contribution is -0.142. The number of hydrogen-bond donors (Lipinski definition) is 1. The summed E-state index contributed by atoms with van der Waals surface area (Å²) in [5.74, 6) is -0.0869. The molecule has 1 amide bonds. The molecule has 0 aliphatic carbocycles. The summed E-state index contributed by atoms with van der Waals surface area (Å²) < 4.78 is 11.9. The molecule has 0 radical (unpaired) electrons. The zero-order valence-electron chi connectivity index (χ0n) is 17.7. The highest BCUT2D eigenvalue weighted by atomic mass is 32.1. The number of carbonyl (C=O) groups is 2. The van der Waals surface area contributed by atoms with E-state index in [9.17, 15) is 9.59 Å². The van der Waals surface area contributed by atoms with Crippen LogP contribution in [0.5, 0.6) is 5.75 Å². The zero-order chi connectivity index (χ0) is 22.4. The second-order valence-corrected chi connectivity index (χ2v) is 8.66. The van der Waals surface area contributed by atoms with Crippen molar-refractivity contribution >= 4 is 44.3 Å². The maximum atomic E-state index is 12.5. The van der Waals surface area contributed by atoms with Crippen LogP contribution in [0.15, 0.2) is 30.5 Å². The van der Waals surface area contributed by atoms with Gasteiger partial charge >= 0.3 is 5.97 Å². The molecule has 0 fully saturated rings. The third kappa shape index (κ3) is 3.27. The van der Waals surface area contributed by atoms with Crippen molar-refractivity contribution in [1.82, 2.24) is 9.97 Å². The molecular weight excluding hydrogens is 426 g/mol. The number of nitrogens with zero attached hydrogens (tertiary/aromatic N) is 2. The summed E-state index contributed by atoms with van der Waals surface area (Å²) in [4.78, 5) is 33.5. The van der Waals surface area contributed by atoms with Gasteiger partial charge in [-0.3, -0.25) is 14.6 Å². The van der Waals surface area contributed by atoms with Crippen LogP contribution in [-0.4, -0.2) is 35.1 Å². The number of hydrogen-bond acceptors (Lipinski definition) is 7. The summed E-state index contributed by atoms with van der Waals surface area (Å²) in [6.07, 6.45) is 2.71. The van der Waals surface area contributed by atoms with Gasteiger partial charge in [0.1, 0.15) is 5.75 Å². The van der Waals surface area contributed by atoms with Crippen molar-refractivity contribution in [2.24, 2.45) is 5.73 Å². The normalized spacial score (nSPS) is 12.7. The summed E-state index contributed by atoms with van der Waals surface area (Å²) in [7, 11) is 0. The Balaban J connectivity index is 1.85. The molecular formula is C24H21N3O4S. The Bertz CT molecular complexity index is 1400. The van der Waals surface area contributed by atoms with Gasteiger partial charge in [-0.25, -0.2) is 4.98 Å². The van der Waals surface area contributed by atoms with Crippen LogP contribution in [0.4, 0.5) is 0 Å². The second-order valence-electron chi connectivity index (χ2n) is 7.66. The highest BCUT2D eigenvalue weighted by Crippen LogP contribution is 2.43. The van der Waals surface area contributed by atoms with Crippen molar-refractivity contribution in [1.29, 1.82) is 0 Å². The van der Waals surface area contributed by atoms with E-state index in [1.54, 1.807) is 13.1 Å². The average molecular weight is 448 g/mol. The Kier molecular flexibility index (Phi) is 5.01. The minimum atomic E-state index is -0.579. The van der Waals surface area contributed by atoms with Gasteiger partial charge in [-0.05, 0) is 54.8 Å². The fourth-order valence-electron chi connectivity index (χ4n) is 4.31. The molecule has 0 saturated heterocycles. The molecule has 0 atom stereocenters. The van der Waals surface area contributed by atoms with Crippen LogP contribution < -0.4 is 10.5 Å². The average Bonchev–Trinajstić information content (AvgIpc) is 3.19. The predicted molar refractivity (Wildman–Crippen MR) is 123 cm³/mol. The molecule has 0 saturated carbocycles. The Morgan fingerprint density at radius 2 is 2.12 bits per heavy atom. The molecule has 1 aliphatic rings. The van der Waals surface area contributed by atoms with E-state index < -0.39 is 5.91 Å². The van der Waals surface area contributed by atoms with Crippen LogP contribution in [0.3, 0.4) is 0 Å². The number of aromatic nitrogens is 2. The van der Waals surface area contributed by atoms with Gasteiger partial charge in [-0.2, -0.15) is 0 Å². The van der Waals surface area contributed by atoms with Gasteiger partial charge in [-0.1, -0.05) is 0 Å². The Hall–Kier alpha value is -3.52. The van der Waals surface area contributed by atoms with Crippen molar-refractivity contribution in [2.45, 2.75) is 26.7 Å². The third-order valence-electron chi connectivity index (χ3n) is 5.69. The number of benzene rings is 2. The van der Waals surface area contributed by atoms with E-state index in [-0.39, 0.29) is 17.4 Å². The highest BCUT2D eigenvalue weighted by Gasteiger charge is 2.24. The van der Waals surface area contributed by atoms with E-state index >= 15 is 0 Å². The number of ether oxygens (including phenoxy) is 2. The molecule has 3 heterocycles. The third-order valence-corrected chi connectivity index (χ3v) is 6.79. The first-order valence-corrected chi connectivity index (χ1v) is 11.2. The Morgan fingerprint density at radius 3 is 2.91 bits per heavy atom. The summed E-state index contributed by atoms with van der Waals surface area (Å²) in [6.45, 7) is 4.66. The number of fused-ring (bicyclic) bond motifs is 1. The fourth-order valence-corrected chi connectivity index (χ4v) is 5.30. The minimum Gasteiger partial charge on any atom is -0.493 e. The lowest BCUT2D eigenvalue weighted by atomic mass is 9.90. The fraction of sp³-hybridized carbons (Fsp3) is 0.250. The van der Waals surface area contributed by atoms with Crippen LogP contribution in [0.2, 0.25) is 0 Å². The van der Waals surface area contributed by atoms with Gasteiger partial charge in [-0.15, -0.1) is 11.3 Å². The van der Waals surface area contributed by atoms with Gasteiger partial charge in [0, 0.05) is 29.1 Å². The Morgan fingerprint density at radius 1 is 1.28 bits per heavy atom. The molecule has 1 aliphatic heterocycles. The number of rotatable bonds is 5. The van der Waals surface area contributed by atoms with Gasteiger partial charge < -0.3 is 15.2 Å². The van der Waals surface area contributed by atoms with Crippen LogP contribution in [0, 0.1) is 6.92 Å². The number of primary amides is 1. The lowest BCUT2D eigenvalue weighted by Gasteiger charge is -2.21. The van der Waals surface area contributed by atoms with Crippen molar-refractivity contribution in [3.63, 3.8) is 0 Å². The SMILES string of the molecule is CCOC(=O)Cc1c(C)cc2nc(C(N)=O)sc2c1-c1ccc2c3c(ccnc13)CCO2. The molecule has 4 aromatic rings. The number of nitrogens with two attached hydrogens (primary N) is 1. The van der Waals surface area contributed by atoms with Crippen molar-refractivity contribution in [3.05, 3.63) is 52.2 Å². The second kappa shape index (κ2) is 7.87. The van der Waals surface area contributed by atoms with E-state index in [0.29, 0.717) is 18.7 Å². The molecule has 8 heteroatoms. The van der Waals surface area contributed by atoms with Gasteiger partial charge in [0.05, 0.1) is 35.4 Å². The summed E-state index contributed by atoms with van der Waals surface area (Å²) >= 11 is 1.23. The summed E-state index contributed by atoms with van der Waals surface area (Å²) in [5, 5.41) is 1.21. The van der Waals surface area contributed by atoms with Crippen LogP contribution in [0.25, 0.3) is 32.2 Å². The van der Waals surface area contributed by atoms with Crippen LogP contribution >= 0.6 is 11.3 Å². The van der Waals surface area contributed by atoms with Crippen molar-refractivity contribution < 1.29 is 19.1 Å². The first-order valence-electron chi connectivity index (χ1n) is 10.4. The monoisotopic (exact) mass is 447 g/mol. The number of amides is 1. The van der Waals surface area contributed by atoms with Gasteiger partial charge in [0.25, 0.3) is 5.91 Å². The zero-order valence-corrected chi connectivity index (χ0v) is 18.5. The van der Waals surface area contributed by atoms with Crippen molar-refractivity contribution in [3.8, 4) is 16.9 Å². The molecule has 2 N–H and O–H groups in total. The van der Waals surface area contributed by atoms with Gasteiger partial charge in [0.15, 0.2) is 5.01 Å². The maximum absolute atomic E-state index is 12.5. The standard InChI is InChI=1S/C24H21N3O4S/c1-3-30-18(28)11-15-12(2)10-16-22(32-24(27-16)23(25)29)20(15)14-4-5-17-19-13(7-9-31-17)6-8-26-21(14)19/h4-6,8,10H,3,7,9,11H2,1-2H3,(H2,25,29). The number of esters is 1. The summed E-state index contributed by atoms with van der Waals surface area (Å²) in [6, 6.07) is 7.81. The lowest BCUT2D eigenvalue weighted by Crippen LogP contribution is -2.11. The molecule has 0 bridgehead atoms. The van der Waals surface area contributed by atoms with E-state index in [0.717, 1.165) is 50.0 Å². The predicted octanol–water partition coefficient (Wildman–Crippen LogP) is 3.96. The summed E-state index contributed by atoms with van der Waals surface area (Å²) in [5.41, 5.74) is 11.6. The largest absolute Gasteiger partial charge is 0.493 e. The van der Waals surface area contributed by atoms with E-state index in [4.69, 9.17) is 20.2 Å². The topological polar surface area (TPSA) is 104 Å². The maximum Gasteiger partial charge on any atom is 0.310 e. The van der Waals surface area contributed by atoms with Crippen molar-refractivity contribution in [2.75, 3.05) is 13.2 Å². The first kappa shape index (κ1) is 20.4. The molecule has 2 aromatic carbocycles. The molecule has 7 nitrogen and oxygen atoms in total. The number of carbonyl (C=O) groups excluding carboxylic acids is 2. The number of pyridine rings is 1. The van der Waals surface area contributed by atoms with E-state index in [1.165, 1.54) is 16.9 Å². The number of thiazole rings is 1. The molecule has 162 valence electrons.